The maximum Gasteiger partial charge on any atom is 0.0267 e. The maximum atomic E-state index is 6.19. The predicted octanol–water partition coefficient (Wildman–Crippen LogP) is 18.6. The van der Waals surface area contributed by atoms with Gasteiger partial charge in [-0.1, -0.05) is 91.2 Å². The van der Waals surface area contributed by atoms with Gasteiger partial charge in [-0.2, -0.15) is 12.8 Å². The Morgan fingerprint density at radius 3 is 1.41 bits per heavy atom. The van der Waals surface area contributed by atoms with Crippen LogP contribution in [-0.2, 0) is 27.0 Å². The van der Waals surface area contributed by atoms with E-state index in [1.54, 1.807) is 24.8 Å². The zero-order valence-corrected chi connectivity index (χ0v) is 51.6. The average Bonchev–Trinajstić information content (AvgIpc) is 4.34. The molecule has 5 heterocycles. The number of anilines is 2. The normalized spacial score (nSPS) is 13.4. The van der Waals surface area contributed by atoms with Gasteiger partial charge in [-0.3, -0.25) is 9.97 Å². The van der Waals surface area contributed by atoms with Crippen molar-refractivity contribution in [2.75, 3.05) is 22.9 Å². The van der Waals surface area contributed by atoms with Gasteiger partial charge in [-0.05, 0) is 95.1 Å². The van der Waals surface area contributed by atoms with Crippen LogP contribution in [0.1, 0.15) is 86.9 Å². The van der Waals surface area contributed by atoms with E-state index in [1.165, 1.54) is 106 Å². The van der Waals surface area contributed by atoms with Crippen LogP contribution in [0.4, 0.5) is 11.4 Å². The van der Waals surface area contributed by atoms with Gasteiger partial charge in [0, 0.05) is 40.9 Å². The van der Waals surface area contributed by atoms with Crippen molar-refractivity contribution in [2.24, 2.45) is 0 Å². The Morgan fingerprint density at radius 1 is 0.513 bits per heavy atom. The molecule has 3 aliphatic rings. The van der Waals surface area contributed by atoms with E-state index in [1.807, 2.05) is 102 Å². The Balaban J connectivity index is 0.000000138. The van der Waals surface area contributed by atoms with Gasteiger partial charge in [0.25, 0.3) is 0 Å². The second kappa shape index (κ2) is 30.8. The first-order chi connectivity index (χ1) is 37.8. The Morgan fingerprint density at radius 2 is 0.974 bits per heavy atom. The summed E-state index contributed by atoms with van der Waals surface area (Å²) in [6.45, 7) is 23.9. The summed E-state index contributed by atoms with van der Waals surface area (Å²) in [5.41, 5.74) is 20.2. The molecule has 0 amide bonds. The van der Waals surface area contributed by atoms with E-state index in [0.717, 1.165) is 37.0 Å². The smallest absolute Gasteiger partial charge is 0.0267 e. The summed E-state index contributed by atoms with van der Waals surface area (Å²) in [6.07, 6.45) is 16.1. The molecule has 0 N–H and O–H groups in total. The number of hydrogen-bond donors (Lipinski definition) is 0. The topological polar surface area (TPSA) is 45.2 Å². The molecule has 406 valence electrons. The molecule has 2 saturated heterocycles. The van der Waals surface area contributed by atoms with Crippen LogP contribution in [-0.4, -0.2) is 36.8 Å². The van der Waals surface area contributed by atoms with Gasteiger partial charge in [0.1, 0.15) is 0 Å². The molecule has 0 bridgehead atoms. The molecular formula is C67H67Cl4N5Ru2-2. The Kier molecular flexibility index (Phi) is 23.7. The van der Waals surface area contributed by atoms with Crippen molar-refractivity contribution >= 4 is 92.3 Å². The van der Waals surface area contributed by atoms with Crippen LogP contribution in [0, 0.1) is 54.6 Å². The molecule has 0 radical (unpaired) electrons. The van der Waals surface area contributed by atoms with E-state index in [0.29, 0.717) is 0 Å². The molecule has 2 fully saturated rings. The first-order valence-corrected chi connectivity index (χ1v) is 36.7. The molecule has 3 aromatic heterocycles. The minimum absolute atomic E-state index is 0.968. The summed E-state index contributed by atoms with van der Waals surface area (Å²) in [4.78, 5) is 17.2. The molecule has 0 atom stereocenters. The number of benzene rings is 6. The minimum Gasteiger partial charge on any atom is -0.265 e. The number of hydrogen-bond acceptors (Lipinski definition) is 5. The monoisotopic (exact) mass is 1290 g/mol. The molecule has 0 saturated carbocycles. The number of pyridine rings is 3. The van der Waals surface area contributed by atoms with Crippen LogP contribution in [0.3, 0.4) is 0 Å². The number of allylic oxidation sites excluding steroid dienone is 1. The van der Waals surface area contributed by atoms with Crippen molar-refractivity contribution in [3.05, 3.63) is 269 Å². The number of para-hydroxylation sites is 2. The molecule has 12 rings (SSSR count). The molecule has 11 heteroatoms. The van der Waals surface area contributed by atoms with Crippen LogP contribution < -0.4 is 9.80 Å². The number of fused-ring (bicyclic) bond motifs is 3. The Hall–Kier alpha value is -5.48. The number of nitrogens with zero attached hydrogens (tertiary/aromatic N) is 5. The third-order valence-corrected chi connectivity index (χ3v) is 18.0. The fourth-order valence-corrected chi connectivity index (χ4v) is 14.2. The molecule has 2 aliphatic heterocycles. The Labute approximate surface area is 489 Å². The van der Waals surface area contributed by atoms with Crippen molar-refractivity contribution in [1.29, 1.82) is 0 Å². The van der Waals surface area contributed by atoms with Gasteiger partial charge in [0.05, 0.1) is 5.52 Å². The van der Waals surface area contributed by atoms with Crippen molar-refractivity contribution in [2.45, 2.75) is 67.2 Å². The fraction of sp³-hybridized carbons (Fsp3) is 0.179. The van der Waals surface area contributed by atoms with Crippen LogP contribution in [0.15, 0.2) is 195 Å². The second-order valence-electron chi connectivity index (χ2n) is 18.9. The number of halogens is 4. The van der Waals surface area contributed by atoms with Gasteiger partial charge in [-0.25, -0.2) is 13.1 Å². The third kappa shape index (κ3) is 17.0. The molecule has 0 unspecified atom stereocenters. The first kappa shape index (κ1) is 60.2. The third-order valence-electron chi connectivity index (χ3n) is 13.0. The molecule has 6 aromatic carbocycles. The molecule has 5 nitrogen and oxygen atoms in total. The largest absolute Gasteiger partial charge is 0.265 e. The quantitative estimate of drug-likeness (QED) is 0.127. The Bertz CT molecular complexity index is 3360. The maximum absolute atomic E-state index is 6.19. The van der Waals surface area contributed by atoms with Crippen LogP contribution in [0.5, 0.6) is 0 Å². The van der Waals surface area contributed by atoms with Crippen LogP contribution in [0.2, 0.25) is 0 Å². The van der Waals surface area contributed by atoms with Gasteiger partial charge in [-0.15, -0.1) is 0 Å². The summed E-state index contributed by atoms with van der Waals surface area (Å²) < 4.78 is 3.04. The molecule has 1 aliphatic carbocycles. The van der Waals surface area contributed by atoms with Crippen molar-refractivity contribution < 1.29 is 27.0 Å². The van der Waals surface area contributed by atoms with E-state index in [-0.39, 0.29) is 0 Å². The first-order valence-electron chi connectivity index (χ1n) is 25.9. The van der Waals surface area contributed by atoms with Crippen molar-refractivity contribution in [3.63, 3.8) is 0 Å². The predicted molar refractivity (Wildman–Crippen MR) is 334 cm³/mol. The fourth-order valence-electron chi connectivity index (χ4n) is 9.92. The number of aryl methyl sites for hydroxylation is 6. The van der Waals surface area contributed by atoms with Crippen LogP contribution >= 0.6 is 38.8 Å². The molecule has 0 spiro atoms. The number of rotatable bonds is 5. The summed E-state index contributed by atoms with van der Waals surface area (Å²) in [6, 6.07) is 53.5. The standard InChI is InChI=1S/C15H10.2C13H18N.C11H9N.C10H7N.C5H5N.4ClH.2Ru/c1-2-6-12(7-3-1)15-11-10-13-8-4-5-9-14(13)15;2*1-10-8-11(2)13(12(3)9-10)14-6-4-5-7-14;1-2-9-5-3-6-10-7-4-8-12-11(9)10;1-8-4-2-5-9-6-3-7-11-10(8)9;1-2-4-6-5-3-1;;;;;;/h1-9,11H;2*6,8-9H,4-5,7H2,1-3H3;2-8H,1H2;1-7H;1-5H;4*1H;;/q;2*-1;;;;;;;;2*+2/p-4. The van der Waals surface area contributed by atoms with Crippen LogP contribution in [0.25, 0.3) is 33.5 Å². The summed E-state index contributed by atoms with van der Waals surface area (Å²) in [7, 11) is 24.1. The summed E-state index contributed by atoms with van der Waals surface area (Å²) >= 11 is -3.64. The van der Waals surface area contributed by atoms with Gasteiger partial charge in [0.15, 0.2) is 0 Å². The minimum atomic E-state index is -1.88. The van der Waals surface area contributed by atoms with Crippen molar-refractivity contribution in [3.8, 4) is 0 Å². The number of aromatic nitrogens is 3. The van der Waals surface area contributed by atoms with Gasteiger partial charge >= 0.3 is 215 Å². The van der Waals surface area contributed by atoms with E-state index >= 15 is 0 Å². The molecular weight excluding hydrogens is 1220 g/mol. The van der Waals surface area contributed by atoms with Crippen molar-refractivity contribution in [1.82, 2.24) is 15.0 Å². The van der Waals surface area contributed by atoms with Gasteiger partial charge < -0.3 is 9.80 Å². The summed E-state index contributed by atoms with van der Waals surface area (Å²) in [5.74, 6) is 0. The van der Waals surface area contributed by atoms with Gasteiger partial charge in [0.2, 0.25) is 0 Å². The zero-order chi connectivity index (χ0) is 55.4. The molecule has 9 aromatic rings. The van der Waals surface area contributed by atoms with E-state index < -0.39 is 27.0 Å². The molecule has 78 heavy (non-hydrogen) atoms. The van der Waals surface area contributed by atoms with E-state index in [2.05, 4.69) is 159 Å². The van der Waals surface area contributed by atoms with E-state index in [4.69, 9.17) is 38.8 Å². The second-order valence-corrected chi connectivity index (χ2v) is 30.4. The summed E-state index contributed by atoms with van der Waals surface area (Å²) in [5, 5.41) is 2.28. The SMILES string of the molecule is C=Cc1cccc2cccnc12.Cc1cc(C)c(N2[CH-]CCC2)c(C)c1.Cc1cc(C)c(N2[CH-]CCC2)c(C)c1.[Cl][Ru]([Cl])=[CH]c1cccc2cccnc12.[Cl][Ru]([Cl])=[C]1C=C(c2ccccc2)c2ccccc21.c1ccncc1. The average molecular weight is 1290 g/mol. The van der Waals surface area contributed by atoms with E-state index in [9.17, 15) is 0 Å². The zero-order valence-electron chi connectivity index (χ0n) is 45.1.